The molecule has 3 aromatic rings. The summed E-state index contributed by atoms with van der Waals surface area (Å²) in [7, 11) is 0. The van der Waals surface area contributed by atoms with Crippen molar-refractivity contribution in [2.24, 2.45) is 0 Å². The van der Waals surface area contributed by atoms with E-state index in [1.165, 1.54) is 0 Å². The minimum absolute atomic E-state index is 0.443. The standard InChI is InChI=1S/C20H21ClN2O2/c1-14(24)7-12-20(25)18-13-19(15-8-10-16(21)11-9-15)23(22-18)17-5-3-2-4-6-17/h2-6,8-11,13-14,20,24-25H,7,12H2,1H3. The molecular weight excluding hydrogens is 336 g/mol. The van der Waals surface area contributed by atoms with E-state index in [2.05, 4.69) is 5.10 Å². The van der Waals surface area contributed by atoms with Crippen molar-refractivity contribution in [3.05, 3.63) is 71.4 Å². The first-order chi connectivity index (χ1) is 12.0. The molecule has 2 aromatic carbocycles. The number of halogens is 1. The molecule has 0 saturated heterocycles. The Labute approximate surface area is 152 Å². The van der Waals surface area contributed by atoms with Gasteiger partial charge in [0.25, 0.3) is 0 Å². The third-order valence-electron chi connectivity index (χ3n) is 4.07. The number of nitrogens with zero attached hydrogens (tertiary/aromatic N) is 2. The third-order valence-corrected chi connectivity index (χ3v) is 4.32. The lowest BCUT2D eigenvalue weighted by molar-refractivity contribution is 0.120. The molecule has 5 heteroatoms. The second-order valence-corrected chi connectivity index (χ2v) is 6.59. The number of hydrogen-bond donors (Lipinski definition) is 2. The van der Waals surface area contributed by atoms with E-state index >= 15 is 0 Å². The second-order valence-electron chi connectivity index (χ2n) is 6.15. The SMILES string of the molecule is CC(O)CCC(O)c1cc(-c2ccc(Cl)cc2)n(-c2ccccc2)n1. The quantitative estimate of drug-likeness (QED) is 0.688. The first kappa shape index (κ1) is 17.7. The number of hydrogen-bond acceptors (Lipinski definition) is 3. The third kappa shape index (κ3) is 4.28. The fourth-order valence-corrected chi connectivity index (χ4v) is 2.83. The lowest BCUT2D eigenvalue weighted by atomic mass is 10.1. The van der Waals surface area contributed by atoms with Crippen LogP contribution in [-0.2, 0) is 0 Å². The van der Waals surface area contributed by atoms with Gasteiger partial charge in [-0.2, -0.15) is 5.10 Å². The largest absolute Gasteiger partial charge is 0.393 e. The van der Waals surface area contributed by atoms with E-state index in [-0.39, 0.29) is 0 Å². The van der Waals surface area contributed by atoms with Crippen molar-refractivity contribution < 1.29 is 10.2 Å². The molecule has 0 aliphatic carbocycles. The van der Waals surface area contributed by atoms with Gasteiger partial charge >= 0.3 is 0 Å². The van der Waals surface area contributed by atoms with Crippen LogP contribution in [0.15, 0.2) is 60.7 Å². The molecule has 0 aliphatic heterocycles. The zero-order chi connectivity index (χ0) is 17.8. The van der Waals surface area contributed by atoms with Gasteiger partial charge < -0.3 is 10.2 Å². The van der Waals surface area contributed by atoms with Crippen molar-refractivity contribution in [2.75, 3.05) is 0 Å². The van der Waals surface area contributed by atoms with Crippen LogP contribution in [0, 0.1) is 0 Å². The summed E-state index contributed by atoms with van der Waals surface area (Å²) < 4.78 is 1.82. The minimum Gasteiger partial charge on any atom is -0.393 e. The smallest absolute Gasteiger partial charge is 0.0979 e. The molecule has 0 radical (unpaired) electrons. The van der Waals surface area contributed by atoms with E-state index in [9.17, 15) is 10.2 Å². The van der Waals surface area contributed by atoms with Crippen LogP contribution in [-0.4, -0.2) is 26.1 Å². The van der Waals surface area contributed by atoms with Crippen molar-refractivity contribution in [3.8, 4) is 16.9 Å². The summed E-state index contributed by atoms with van der Waals surface area (Å²) in [4.78, 5) is 0. The Bertz CT molecular complexity index is 813. The average Bonchev–Trinajstić information content (AvgIpc) is 3.06. The topological polar surface area (TPSA) is 58.3 Å². The molecule has 2 N–H and O–H groups in total. The van der Waals surface area contributed by atoms with Crippen molar-refractivity contribution in [1.29, 1.82) is 0 Å². The monoisotopic (exact) mass is 356 g/mol. The first-order valence-corrected chi connectivity index (χ1v) is 8.70. The number of aliphatic hydroxyl groups excluding tert-OH is 2. The van der Waals surface area contributed by atoms with Gasteiger partial charge in [-0.1, -0.05) is 41.9 Å². The van der Waals surface area contributed by atoms with Gasteiger partial charge in [-0.3, -0.25) is 0 Å². The fourth-order valence-electron chi connectivity index (χ4n) is 2.70. The normalized spacial score (nSPS) is 13.6. The molecule has 1 heterocycles. The van der Waals surface area contributed by atoms with E-state index in [1.807, 2.05) is 65.3 Å². The number of para-hydroxylation sites is 1. The maximum Gasteiger partial charge on any atom is 0.0979 e. The summed E-state index contributed by atoms with van der Waals surface area (Å²) >= 11 is 6.00. The second kappa shape index (κ2) is 7.83. The van der Waals surface area contributed by atoms with Crippen LogP contribution < -0.4 is 0 Å². The van der Waals surface area contributed by atoms with Crippen LogP contribution in [0.25, 0.3) is 16.9 Å². The van der Waals surface area contributed by atoms with Crippen LogP contribution in [0.2, 0.25) is 5.02 Å². The van der Waals surface area contributed by atoms with E-state index in [0.717, 1.165) is 16.9 Å². The highest BCUT2D eigenvalue weighted by Crippen LogP contribution is 2.29. The van der Waals surface area contributed by atoms with Crippen LogP contribution in [0.1, 0.15) is 31.6 Å². The van der Waals surface area contributed by atoms with Gasteiger partial charge in [0.1, 0.15) is 0 Å². The zero-order valence-corrected chi connectivity index (χ0v) is 14.8. The Morgan fingerprint density at radius 2 is 1.68 bits per heavy atom. The van der Waals surface area contributed by atoms with E-state index in [1.54, 1.807) is 6.92 Å². The van der Waals surface area contributed by atoms with Gasteiger partial charge in [-0.25, -0.2) is 4.68 Å². The number of aliphatic hydroxyl groups is 2. The van der Waals surface area contributed by atoms with Crippen LogP contribution in [0.4, 0.5) is 0 Å². The maximum absolute atomic E-state index is 10.4. The highest BCUT2D eigenvalue weighted by atomic mass is 35.5. The minimum atomic E-state index is -0.717. The predicted molar refractivity (Wildman–Crippen MR) is 99.9 cm³/mol. The number of rotatable bonds is 6. The van der Waals surface area contributed by atoms with Crippen molar-refractivity contribution in [1.82, 2.24) is 9.78 Å². The molecule has 3 rings (SSSR count). The fraction of sp³-hybridized carbons (Fsp3) is 0.250. The van der Waals surface area contributed by atoms with Crippen molar-refractivity contribution in [2.45, 2.75) is 32.0 Å². The van der Waals surface area contributed by atoms with E-state index in [0.29, 0.717) is 23.6 Å². The Balaban J connectivity index is 2.01. The lowest BCUT2D eigenvalue weighted by Gasteiger charge is -2.09. The highest BCUT2D eigenvalue weighted by Gasteiger charge is 2.17. The van der Waals surface area contributed by atoms with Crippen molar-refractivity contribution >= 4 is 11.6 Å². The summed E-state index contributed by atoms with van der Waals surface area (Å²) in [6.07, 6.45) is -0.175. The molecule has 0 saturated carbocycles. The molecule has 2 unspecified atom stereocenters. The first-order valence-electron chi connectivity index (χ1n) is 8.32. The van der Waals surface area contributed by atoms with Gasteiger partial charge in [0.05, 0.1) is 29.3 Å². The molecule has 25 heavy (non-hydrogen) atoms. The Morgan fingerprint density at radius 1 is 1.00 bits per heavy atom. The van der Waals surface area contributed by atoms with Gasteiger partial charge in [0, 0.05) is 10.6 Å². The molecule has 0 fully saturated rings. The molecule has 130 valence electrons. The Morgan fingerprint density at radius 3 is 2.32 bits per heavy atom. The van der Waals surface area contributed by atoms with Gasteiger partial charge in [-0.05, 0) is 50.1 Å². The molecule has 0 aliphatic rings. The van der Waals surface area contributed by atoms with Crippen LogP contribution in [0.3, 0.4) is 0 Å². The molecule has 0 bridgehead atoms. The summed E-state index contributed by atoms with van der Waals surface area (Å²) in [6.45, 7) is 1.72. The van der Waals surface area contributed by atoms with Gasteiger partial charge in [0.15, 0.2) is 0 Å². The van der Waals surface area contributed by atoms with Crippen LogP contribution >= 0.6 is 11.6 Å². The Hall–Kier alpha value is -2.14. The molecular formula is C20H21ClN2O2. The predicted octanol–water partition coefficient (Wildman–Crippen LogP) is 4.39. The molecule has 2 atom stereocenters. The molecule has 4 nitrogen and oxygen atoms in total. The summed E-state index contributed by atoms with van der Waals surface area (Å²) in [6, 6.07) is 19.2. The summed E-state index contributed by atoms with van der Waals surface area (Å²) in [5.41, 5.74) is 3.36. The summed E-state index contributed by atoms with van der Waals surface area (Å²) in [5.74, 6) is 0. The van der Waals surface area contributed by atoms with E-state index in [4.69, 9.17) is 11.6 Å². The summed E-state index contributed by atoms with van der Waals surface area (Å²) in [5, 5.41) is 25.2. The molecule has 0 amide bonds. The average molecular weight is 357 g/mol. The maximum atomic E-state index is 10.4. The molecule has 0 spiro atoms. The zero-order valence-electron chi connectivity index (χ0n) is 14.0. The van der Waals surface area contributed by atoms with Crippen molar-refractivity contribution in [3.63, 3.8) is 0 Å². The highest BCUT2D eigenvalue weighted by molar-refractivity contribution is 6.30. The Kier molecular flexibility index (Phi) is 5.53. The number of benzene rings is 2. The lowest BCUT2D eigenvalue weighted by Crippen LogP contribution is -2.06. The number of aromatic nitrogens is 2. The van der Waals surface area contributed by atoms with Gasteiger partial charge in [0.2, 0.25) is 0 Å². The van der Waals surface area contributed by atoms with E-state index < -0.39 is 12.2 Å². The molecule has 1 aromatic heterocycles. The van der Waals surface area contributed by atoms with Crippen LogP contribution in [0.5, 0.6) is 0 Å². The van der Waals surface area contributed by atoms with Gasteiger partial charge in [-0.15, -0.1) is 0 Å².